The number of carbonyl (C=O) groups is 1. The Morgan fingerprint density at radius 2 is 1.92 bits per heavy atom. The van der Waals surface area contributed by atoms with Gasteiger partial charge in [-0.3, -0.25) is 9.36 Å². The highest BCUT2D eigenvalue weighted by Crippen LogP contribution is 2.40. The number of carbonyl (C=O) groups excluding carboxylic acids is 1. The zero-order valence-corrected chi connectivity index (χ0v) is 22.4. The van der Waals surface area contributed by atoms with Gasteiger partial charge in [0.15, 0.2) is 22.2 Å². The highest BCUT2D eigenvalue weighted by Gasteiger charge is 2.36. The smallest absolute Gasteiger partial charge is 0.338 e. The summed E-state index contributed by atoms with van der Waals surface area (Å²) in [6.45, 7) is 2.03. The average Bonchev–Trinajstić information content (AvgIpc) is 3.68. The zero-order chi connectivity index (χ0) is 27.1. The van der Waals surface area contributed by atoms with Gasteiger partial charge in [0.2, 0.25) is 6.79 Å². The Labute approximate surface area is 227 Å². The molecule has 6 rings (SSSR count). The molecule has 39 heavy (non-hydrogen) atoms. The fraction of sp³-hybridized carbons (Fsp3) is 0.207. The first-order chi connectivity index (χ1) is 18.9. The van der Waals surface area contributed by atoms with Gasteiger partial charge in [0.05, 0.1) is 28.5 Å². The Bertz CT molecular complexity index is 1780. The Kier molecular flexibility index (Phi) is 6.32. The maximum atomic E-state index is 13.9. The number of esters is 1. The number of anilines is 1. The molecule has 0 spiro atoms. The molecule has 0 radical (unpaired) electrons. The molecule has 4 heterocycles. The quantitative estimate of drug-likeness (QED) is 0.344. The van der Waals surface area contributed by atoms with E-state index in [1.807, 2.05) is 67.5 Å². The average molecular weight is 544 g/mol. The molecular weight excluding hydrogens is 518 g/mol. The van der Waals surface area contributed by atoms with E-state index in [1.54, 1.807) is 29.7 Å². The van der Waals surface area contributed by atoms with Crippen molar-refractivity contribution in [3.05, 3.63) is 103 Å². The second kappa shape index (κ2) is 9.95. The fourth-order valence-electron chi connectivity index (χ4n) is 4.63. The van der Waals surface area contributed by atoms with Gasteiger partial charge in [-0.15, -0.1) is 0 Å². The summed E-state index contributed by atoms with van der Waals surface area (Å²) >= 11 is 1.24. The fourth-order valence-corrected chi connectivity index (χ4v) is 5.61. The van der Waals surface area contributed by atoms with Crippen LogP contribution >= 0.6 is 11.3 Å². The molecule has 2 aromatic heterocycles. The first-order valence-electron chi connectivity index (χ1n) is 12.4. The third-order valence-electron chi connectivity index (χ3n) is 6.41. The molecular formula is C29H25N3O6S. The molecule has 9 nitrogen and oxygen atoms in total. The molecule has 0 unspecified atom stereocenters. The summed E-state index contributed by atoms with van der Waals surface area (Å²) in [5.74, 6) is 1.81. The summed E-state index contributed by atoms with van der Waals surface area (Å²) in [6, 6.07) is 17.7. The van der Waals surface area contributed by atoms with Gasteiger partial charge in [-0.05, 0) is 30.7 Å². The highest BCUT2D eigenvalue weighted by atomic mass is 32.1. The zero-order valence-electron chi connectivity index (χ0n) is 21.5. The van der Waals surface area contributed by atoms with Gasteiger partial charge in [-0.2, -0.15) is 0 Å². The van der Waals surface area contributed by atoms with Crippen LogP contribution in [0.4, 0.5) is 5.88 Å². The van der Waals surface area contributed by atoms with Crippen molar-refractivity contribution in [1.29, 1.82) is 0 Å². The number of hydrogen-bond acceptors (Lipinski definition) is 9. The molecule has 198 valence electrons. The molecule has 0 saturated heterocycles. The number of benzene rings is 2. The van der Waals surface area contributed by atoms with E-state index >= 15 is 0 Å². The molecule has 0 amide bonds. The number of furan rings is 1. The maximum Gasteiger partial charge on any atom is 0.338 e. The normalized spacial score (nSPS) is 16.2. The van der Waals surface area contributed by atoms with Crippen molar-refractivity contribution >= 4 is 35.0 Å². The minimum atomic E-state index is -0.805. The number of thiazole rings is 1. The monoisotopic (exact) mass is 543 g/mol. The third kappa shape index (κ3) is 4.42. The van der Waals surface area contributed by atoms with Gasteiger partial charge in [0.1, 0.15) is 5.76 Å². The van der Waals surface area contributed by atoms with Gasteiger partial charge in [-0.25, -0.2) is 9.79 Å². The minimum absolute atomic E-state index is 0.107. The lowest BCUT2D eigenvalue weighted by Crippen LogP contribution is -2.40. The van der Waals surface area contributed by atoms with E-state index in [4.69, 9.17) is 23.6 Å². The van der Waals surface area contributed by atoms with E-state index in [9.17, 15) is 9.59 Å². The van der Waals surface area contributed by atoms with Crippen molar-refractivity contribution in [2.75, 3.05) is 32.4 Å². The van der Waals surface area contributed by atoms with Crippen LogP contribution in [0.1, 0.15) is 29.9 Å². The lowest BCUT2D eigenvalue weighted by molar-refractivity contribution is -0.138. The molecule has 10 heteroatoms. The van der Waals surface area contributed by atoms with Gasteiger partial charge >= 0.3 is 5.97 Å². The molecule has 1 atom stereocenters. The lowest BCUT2D eigenvalue weighted by atomic mass is 9.93. The van der Waals surface area contributed by atoms with Crippen molar-refractivity contribution in [3.63, 3.8) is 0 Å². The number of rotatable bonds is 6. The van der Waals surface area contributed by atoms with Crippen LogP contribution in [-0.2, 0) is 9.53 Å². The molecule has 0 N–H and O–H groups in total. The Balaban J connectivity index is 1.62. The standard InChI is InChI=1S/C29H25N3O6S/c1-4-35-28(34)24-25(17-8-6-5-7-9-17)30-29-32(26(24)18-10-12-20-21(14-18)37-16-36-20)27(33)22(39-29)15-19-11-13-23(38-19)31(2)3/h5-15,26H,4,16H2,1-3H3/b22-15+/t26-/m0/s1. The van der Waals surface area contributed by atoms with E-state index < -0.39 is 12.0 Å². The van der Waals surface area contributed by atoms with Crippen LogP contribution in [-0.4, -0.2) is 38.0 Å². The van der Waals surface area contributed by atoms with E-state index in [2.05, 4.69) is 0 Å². The van der Waals surface area contributed by atoms with E-state index in [0.717, 1.165) is 5.56 Å². The molecule has 0 saturated carbocycles. The van der Waals surface area contributed by atoms with Crippen molar-refractivity contribution in [1.82, 2.24) is 4.57 Å². The van der Waals surface area contributed by atoms with Gasteiger partial charge in [-0.1, -0.05) is 47.7 Å². The lowest BCUT2D eigenvalue weighted by Gasteiger charge is -2.26. The Hall–Kier alpha value is -4.57. The van der Waals surface area contributed by atoms with Crippen molar-refractivity contribution in [3.8, 4) is 11.5 Å². The largest absolute Gasteiger partial charge is 0.463 e. The molecule has 0 fully saturated rings. The number of aromatic nitrogens is 1. The predicted molar refractivity (Wildman–Crippen MR) is 147 cm³/mol. The van der Waals surface area contributed by atoms with Crippen LogP contribution in [0.25, 0.3) is 11.8 Å². The minimum Gasteiger partial charge on any atom is -0.463 e. The van der Waals surface area contributed by atoms with Crippen molar-refractivity contribution in [2.24, 2.45) is 4.99 Å². The molecule has 4 aromatic rings. The van der Waals surface area contributed by atoms with Crippen LogP contribution in [0.2, 0.25) is 0 Å². The summed E-state index contributed by atoms with van der Waals surface area (Å²) in [5.41, 5.74) is 1.85. The first-order valence-corrected chi connectivity index (χ1v) is 13.2. The van der Waals surface area contributed by atoms with Gasteiger partial charge in [0, 0.05) is 31.8 Å². The number of fused-ring (bicyclic) bond motifs is 2. The van der Waals surface area contributed by atoms with E-state index in [0.29, 0.717) is 43.7 Å². The Morgan fingerprint density at radius 3 is 2.67 bits per heavy atom. The SMILES string of the molecule is CCOC(=O)C1=C(c2ccccc2)N=c2s/c(=C/c3ccc(N(C)C)o3)c(=O)n2[C@H]1c1ccc2c(c1)OCO2. The molecule has 2 aliphatic heterocycles. The van der Waals surface area contributed by atoms with Crippen LogP contribution in [0.15, 0.2) is 80.4 Å². The number of nitrogens with zero attached hydrogens (tertiary/aromatic N) is 3. The van der Waals surface area contributed by atoms with Crippen LogP contribution in [0.5, 0.6) is 11.5 Å². The molecule has 0 aliphatic carbocycles. The van der Waals surface area contributed by atoms with Crippen LogP contribution in [0, 0.1) is 0 Å². The van der Waals surface area contributed by atoms with Crippen molar-refractivity contribution in [2.45, 2.75) is 13.0 Å². The summed E-state index contributed by atoms with van der Waals surface area (Å²) in [6.07, 6.45) is 1.70. The van der Waals surface area contributed by atoms with Crippen LogP contribution < -0.4 is 29.3 Å². The molecule has 0 bridgehead atoms. The first kappa shape index (κ1) is 24.7. The van der Waals surface area contributed by atoms with Crippen LogP contribution in [0.3, 0.4) is 0 Å². The molecule has 2 aliphatic rings. The van der Waals surface area contributed by atoms with E-state index in [1.165, 1.54) is 11.3 Å². The second-order valence-corrected chi connectivity index (χ2v) is 10.1. The van der Waals surface area contributed by atoms with E-state index in [-0.39, 0.29) is 24.5 Å². The van der Waals surface area contributed by atoms with Gasteiger partial charge < -0.3 is 23.5 Å². The topological polar surface area (TPSA) is 95.5 Å². The summed E-state index contributed by atoms with van der Waals surface area (Å²) in [4.78, 5) is 34.6. The van der Waals surface area contributed by atoms with Crippen molar-refractivity contribution < 1.29 is 23.4 Å². The molecule has 2 aromatic carbocycles. The highest BCUT2D eigenvalue weighted by molar-refractivity contribution is 7.07. The maximum absolute atomic E-state index is 13.9. The summed E-state index contributed by atoms with van der Waals surface area (Å²) in [7, 11) is 3.76. The third-order valence-corrected chi connectivity index (χ3v) is 7.40. The predicted octanol–water partition coefficient (Wildman–Crippen LogP) is 3.32. The van der Waals surface area contributed by atoms with Gasteiger partial charge in [0.25, 0.3) is 5.56 Å². The number of hydrogen-bond donors (Lipinski definition) is 0. The Morgan fingerprint density at radius 1 is 1.13 bits per heavy atom. The summed E-state index contributed by atoms with van der Waals surface area (Å²) in [5, 5.41) is 0. The summed E-state index contributed by atoms with van der Waals surface area (Å²) < 4.78 is 24.5. The second-order valence-electron chi connectivity index (χ2n) is 9.11. The number of ether oxygens (including phenoxy) is 3.